The van der Waals surface area contributed by atoms with Crippen LogP contribution >= 0.6 is 11.6 Å². The minimum atomic E-state index is -0.546. The number of anilines is 2. The summed E-state index contributed by atoms with van der Waals surface area (Å²) < 4.78 is 20.9. The van der Waals surface area contributed by atoms with Crippen LogP contribution in [-0.2, 0) is 0 Å². The fraction of sp³-hybridized carbons (Fsp3) is 0.344. The number of hydrogen-bond acceptors (Lipinski definition) is 6. The molecular formula is C32H33ClFN3O3. The number of pyridine rings is 1. The topological polar surface area (TPSA) is 75.4 Å². The number of carbonyl (C=O) groups excluding carboxylic acids is 1. The van der Waals surface area contributed by atoms with Crippen molar-refractivity contribution in [2.45, 2.75) is 53.5 Å². The van der Waals surface area contributed by atoms with E-state index in [4.69, 9.17) is 16.0 Å². The van der Waals surface area contributed by atoms with E-state index in [1.54, 1.807) is 18.2 Å². The van der Waals surface area contributed by atoms with Gasteiger partial charge in [-0.25, -0.2) is 9.37 Å². The molecular weight excluding hydrogens is 529 g/mol. The van der Waals surface area contributed by atoms with E-state index in [1.165, 1.54) is 12.1 Å². The van der Waals surface area contributed by atoms with Crippen LogP contribution in [0.3, 0.4) is 0 Å². The Labute approximate surface area is 238 Å². The number of carbonyl (C=O) groups is 1. The maximum atomic E-state index is 14.3. The monoisotopic (exact) mass is 561 g/mol. The molecule has 1 atom stereocenters. The lowest BCUT2D eigenvalue weighted by molar-refractivity contribution is 0.112. The van der Waals surface area contributed by atoms with E-state index in [0.29, 0.717) is 45.6 Å². The van der Waals surface area contributed by atoms with Crippen molar-refractivity contribution in [3.8, 4) is 11.3 Å². The fourth-order valence-corrected chi connectivity index (χ4v) is 5.54. The summed E-state index contributed by atoms with van der Waals surface area (Å²) in [7, 11) is 0. The van der Waals surface area contributed by atoms with Gasteiger partial charge in [-0.15, -0.1) is 0 Å². The van der Waals surface area contributed by atoms with Gasteiger partial charge in [-0.3, -0.25) is 9.59 Å². The molecule has 6 nitrogen and oxygen atoms in total. The molecule has 4 aromatic rings. The highest BCUT2D eigenvalue weighted by Gasteiger charge is 2.29. The predicted molar refractivity (Wildman–Crippen MR) is 159 cm³/mol. The molecule has 0 amide bonds. The predicted octanol–water partition coefficient (Wildman–Crippen LogP) is 7.88. The lowest BCUT2D eigenvalue weighted by Crippen LogP contribution is -2.38. The third kappa shape index (κ3) is 5.48. The summed E-state index contributed by atoms with van der Waals surface area (Å²) in [5.74, 6) is 0.0798. The maximum absolute atomic E-state index is 14.3. The van der Waals surface area contributed by atoms with Crippen LogP contribution in [0, 0.1) is 25.1 Å². The minimum absolute atomic E-state index is 0.0340. The molecule has 8 heteroatoms. The van der Waals surface area contributed by atoms with Crippen LogP contribution in [0.2, 0.25) is 5.15 Å². The van der Waals surface area contributed by atoms with Gasteiger partial charge >= 0.3 is 0 Å². The second-order valence-corrected chi connectivity index (χ2v) is 11.9. The molecule has 5 rings (SSSR count). The molecule has 1 fully saturated rings. The molecule has 1 aliphatic rings. The first-order valence-electron chi connectivity index (χ1n) is 13.5. The van der Waals surface area contributed by atoms with Gasteiger partial charge in [-0.05, 0) is 81.0 Å². The minimum Gasteiger partial charge on any atom is -0.440 e. The van der Waals surface area contributed by atoms with Gasteiger partial charge in [0.1, 0.15) is 22.8 Å². The number of rotatable bonds is 6. The molecule has 1 aliphatic heterocycles. The van der Waals surface area contributed by atoms with Crippen molar-refractivity contribution >= 4 is 40.4 Å². The Bertz CT molecular complexity index is 1670. The third-order valence-corrected chi connectivity index (χ3v) is 8.01. The van der Waals surface area contributed by atoms with Crippen LogP contribution in [0.25, 0.3) is 22.2 Å². The van der Waals surface area contributed by atoms with E-state index in [1.807, 2.05) is 32.9 Å². The second kappa shape index (κ2) is 10.7. The van der Waals surface area contributed by atoms with Crippen LogP contribution < -0.4 is 15.6 Å². The van der Waals surface area contributed by atoms with Crippen LogP contribution in [0.15, 0.2) is 51.7 Å². The number of aryl methyl sites for hydroxylation is 1. The standard InChI is InChI=1S/C32H33ClFN3O3/c1-18-12-24(30-25(13-18)29(39)19(2)31(40-30)37-10-8-32(4,5)9-11-37)20(3)35-26-6-7-27(33)36-28(26)22-14-21(17-38)15-23(34)16-22/h6-7,12-17,20,35H,8-11H2,1-5H3. The fourth-order valence-electron chi connectivity index (χ4n) is 5.39. The lowest BCUT2D eigenvalue weighted by Gasteiger charge is -2.37. The molecule has 3 heterocycles. The number of nitrogens with one attached hydrogen (secondary N) is 1. The Morgan fingerprint density at radius 2 is 1.85 bits per heavy atom. The average Bonchev–Trinajstić information content (AvgIpc) is 2.91. The zero-order valence-electron chi connectivity index (χ0n) is 23.4. The number of piperidine rings is 1. The summed E-state index contributed by atoms with van der Waals surface area (Å²) in [5.41, 5.74) is 4.77. The summed E-state index contributed by atoms with van der Waals surface area (Å²) in [6, 6.07) is 11.0. The van der Waals surface area contributed by atoms with Gasteiger partial charge in [-0.1, -0.05) is 31.5 Å². The van der Waals surface area contributed by atoms with E-state index in [2.05, 4.69) is 29.0 Å². The summed E-state index contributed by atoms with van der Waals surface area (Å²) in [6.07, 6.45) is 2.63. The molecule has 208 valence electrons. The summed E-state index contributed by atoms with van der Waals surface area (Å²) in [6.45, 7) is 12.0. The largest absolute Gasteiger partial charge is 0.440 e. The van der Waals surface area contributed by atoms with Gasteiger partial charge in [-0.2, -0.15) is 0 Å². The molecule has 2 aromatic heterocycles. The quantitative estimate of drug-likeness (QED) is 0.191. The Morgan fingerprint density at radius 3 is 2.55 bits per heavy atom. The molecule has 0 aliphatic carbocycles. The van der Waals surface area contributed by atoms with Gasteiger partial charge in [0, 0.05) is 29.8 Å². The molecule has 0 bridgehead atoms. The van der Waals surface area contributed by atoms with Crippen molar-refractivity contribution in [3.63, 3.8) is 0 Å². The zero-order valence-corrected chi connectivity index (χ0v) is 24.2. The normalized spacial score (nSPS) is 15.7. The van der Waals surface area contributed by atoms with Crippen molar-refractivity contribution in [1.29, 1.82) is 0 Å². The summed E-state index contributed by atoms with van der Waals surface area (Å²) in [4.78, 5) is 31.6. The summed E-state index contributed by atoms with van der Waals surface area (Å²) in [5, 5.41) is 4.24. The lowest BCUT2D eigenvalue weighted by atomic mass is 9.82. The van der Waals surface area contributed by atoms with Gasteiger partial charge in [0.05, 0.1) is 28.4 Å². The van der Waals surface area contributed by atoms with Crippen molar-refractivity contribution < 1.29 is 13.6 Å². The second-order valence-electron chi connectivity index (χ2n) is 11.5. The molecule has 2 aromatic carbocycles. The zero-order chi connectivity index (χ0) is 28.8. The molecule has 0 saturated carbocycles. The highest BCUT2D eigenvalue weighted by atomic mass is 35.5. The van der Waals surface area contributed by atoms with Crippen molar-refractivity contribution in [1.82, 2.24) is 4.98 Å². The number of aromatic nitrogens is 1. The van der Waals surface area contributed by atoms with E-state index in [0.717, 1.165) is 37.1 Å². The molecule has 0 spiro atoms. The Hall–Kier alpha value is -3.71. The molecule has 40 heavy (non-hydrogen) atoms. The summed E-state index contributed by atoms with van der Waals surface area (Å²) >= 11 is 6.22. The number of aldehydes is 1. The van der Waals surface area contributed by atoms with Gasteiger partial charge < -0.3 is 14.6 Å². The first-order chi connectivity index (χ1) is 19.0. The highest BCUT2D eigenvalue weighted by molar-refractivity contribution is 6.29. The van der Waals surface area contributed by atoms with Gasteiger partial charge in [0.15, 0.2) is 5.43 Å². The van der Waals surface area contributed by atoms with Crippen molar-refractivity contribution in [3.05, 3.63) is 85.9 Å². The van der Waals surface area contributed by atoms with E-state index >= 15 is 0 Å². The molecule has 1 N–H and O–H groups in total. The van der Waals surface area contributed by atoms with Crippen molar-refractivity contribution in [2.75, 3.05) is 23.3 Å². The van der Waals surface area contributed by atoms with Crippen LogP contribution in [-0.4, -0.2) is 24.4 Å². The number of halogens is 2. The number of benzene rings is 2. The molecule has 0 radical (unpaired) electrons. The van der Waals surface area contributed by atoms with Crippen LogP contribution in [0.4, 0.5) is 16.0 Å². The van der Waals surface area contributed by atoms with Crippen LogP contribution in [0.5, 0.6) is 0 Å². The third-order valence-electron chi connectivity index (χ3n) is 7.80. The molecule has 1 saturated heterocycles. The van der Waals surface area contributed by atoms with Crippen LogP contribution in [0.1, 0.15) is 66.7 Å². The Morgan fingerprint density at radius 1 is 1.12 bits per heavy atom. The SMILES string of the molecule is Cc1cc(C(C)Nc2ccc(Cl)nc2-c2cc(F)cc(C=O)c2)c2oc(N3CCC(C)(C)CC3)c(C)c(=O)c2c1. The maximum Gasteiger partial charge on any atom is 0.202 e. The number of nitrogens with zero attached hydrogens (tertiary/aromatic N) is 2. The number of hydrogen-bond donors (Lipinski definition) is 1. The van der Waals surface area contributed by atoms with Gasteiger partial charge in [0.25, 0.3) is 0 Å². The van der Waals surface area contributed by atoms with Gasteiger partial charge in [0.2, 0.25) is 5.88 Å². The van der Waals surface area contributed by atoms with Crippen molar-refractivity contribution in [2.24, 2.45) is 5.41 Å². The first kappa shape index (κ1) is 27.8. The average molecular weight is 562 g/mol. The Kier molecular flexibility index (Phi) is 7.44. The highest BCUT2D eigenvalue weighted by Crippen LogP contribution is 2.37. The van der Waals surface area contributed by atoms with E-state index < -0.39 is 5.82 Å². The molecule has 1 unspecified atom stereocenters. The number of fused-ring (bicyclic) bond motifs is 1. The van der Waals surface area contributed by atoms with E-state index in [-0.39, 0.29) is 27.6 Å². The first-order valence-corrected chi connectivity index (χ1v) is 13.9. The Balaban J connectivity index is 1.58. The van der Waals surface area contributed by atoms with E-state index in [9.17, 15) is 14.0 Å². The smallest absolute Gasteiger partial charge is 0.202 e.